The van der Waals surface area contributed by atoms with Crippen LogP contribution in [0.5, 0.6) is 0 Å². The van der Waals surface area contributed by atoms with Gasteiger partial charge in [0.2, 0.25) is 0 Å². The molecule has 1 N–H and O–H groups in total. The first-order chi connectivity index (χ1) is 11.2. The summed E-state index contributed by atoms with van der Waals surface area (Å²) in [5, 5.41) is 3.23. The van der Waals surface area contributed by atoms with Crippen molar-refractivity contribution in [3.63, 3.8) is 0 Å². The zero-order chi connectivity index (χ0) is 15.8. The maximum absolute atomic E-state index is 11.6. The predicted molar refractivity (Wildman–Crippen MR) is 76.9 cm³/mol. The molecule has 0 aliphatic carbocycles. The molecule has 1 radical (unpaired) electrons. The van der Waals surface area contributed by atoms with E-state index < -0.39 is 0 Å². The van der Waals surface area contributed by atoms with Crippen molar-refractivity contribution in [2.45, 2.75) is 6.54 Å². The van der Waals surface area contributed by atoms with E-state index in [4.69, 9.17) is 9.47 Å². The summed E-state index contributed by atoms with van der Waals surface area (Å²) in [4.78, 5) is 31.5. The summed E-state index contributed by atoms with van der Waals surface area (Å²) in [6, 6.07) is 5.57. The number of pyridine rings is 1. The molecule has 0 aromatic carbocycles. The van der Waals surface area contributed by atoms with E-state index in [1.165, 1.54) is 0 Å². The first-order valence-corrected chi connectivity index (χ1v) is 7.50. The van der Waals surface area contributed by atoms with Gasteiger partial charge in [0.05, 0.1) is 13.1 Å². The predicted octanol–water partition coefficient (Wildman–Crippen LogP) is -0.773. The van der Waals surface area contributed by atoms with Gasteiger partial charge >= 0.3 is 23.0 Å². The molecule has 4 heterocycles. The number of esters is 2. The molecule has 2 saturated heterocycles. The Labute approximate surface area is 149 Å². The Bertz CT molecular complexity index is 644. The van der Waals surface area contributed by atoms with Crippen molar-refractivity contribution in [3.8, 4) is 0 Å². The van der Waals surface area contributed by atoms with Gasteiger partial charge in [0.1, 0.15) is 0 Å². The molecule has 3 aliphatic rings. The van der Waals surface area contributed by atoms with Gasteiger partial charge in [-0.2, -0.15) is 6.07 Å². The van der Waals surface area contributed by atoms with E-state index in [9.17, 15) is 9.59 Å². The van der Waals surface area contributed by atoms with Crippen LogP contribution < -0.4 is 5.32 Å². The number of hydrogen-bond donors (Lipinski definition) is 1. The van der Waals surface area contributed by atoms with Gasteiger partial charge in [0.15, 0.2) is 0 Å². The summed E-state index contributed by atoms with van der Waals surface area (Å²) in [5.41, 5.74) is 1.41. The summed E-state index contributed by atoms with van der Waals surface area (Å²) in [6.07, 6.45) is 1.11. The van der Waals surface area contributed by atoms with Gasteiger partial charge in [0.25, 0.3) is 5.97 Å². The molecular weight excluding hydrogens is 355 g/mol. The van der Waals surface area contributed by atoms with Crippen molar-refractivity contribution in [1.82, 2.24) is 20.1 Å². The van der Waals surface area contributed by atoms with Crippen molar-refractivity contribution in [3.05, 3.63) is 42.0 Å². The molecule has 0 saturated carbocycles. The average molecular weight is 371 g/mol. The third-order valence-corrected chi connectivity index (χ3v) is 3.94. The fourth-order valence-electron chi connectivity index (χ4n) is 2.88. The number of hydrogen-bond acceptors (Lipinski definition) is 8. The number of carbonyl (C=O) groups is 2. The smallest absolute Gasteiger partial charge is 0.617 e. The molecule has 0 amide bonds. The van der Waals surface area contributed by atoms with Gasteiger partial charge in [-0.15, -0.1) is 6.07 Å². The molecule has 24 heavy (non-hydrogen) atoms. The van der Waals surface area contributed by atoms with Crippen LogP contribution in [0.4, 0.5) is 0 Å². The maximum Gasteiger partial charge on any atom is 2.00 e. The molecule has 0 atom stereocenters. The normalized spacial score (nSPS) is 22.6. The van der Waals surface area contributed by atoms with Crippen LogP contribution >= 0.6 is 0 Å². The topological polar surface area (TPSA) is 84.0 Å². The van der Waals surface area contributed by atoms with E-state index in [0.29, 0.717) is 44.3 Å². The van der Waals surface area contributed by atoms with Gasteiger partial charge in [-0.3, -0.25) is 14.6 Å². The van der Waals surface area contributed by atoms with E-state index in [2.05, 4.69) is 10.3 Å². The zero-order valence-electron chi connectivity index (χ0n) is 12.8. The second-order valence-electron chi connectivity index (χ2n) is 5.62. The Balaban J connectivity index is 0.00000169. The number of aromatic nitrogens is 1. The number of rotatable bonds is 0. The second-order valence-corrected chi connectivity index (χ2v) is 5.62. The first-order valence-electron chi connectivity index (χ1n) is 7.50. The largest absolute Gasteiger partial charge is 2.00 e. The van der Waals surface area contributed by atoms with Gasteiger partial charge in [-0.25, -0.2) is 0 Å². The van der Waals surface area contributed by atoms with Crippen molar-refractivity contribution < 1.29 is 36.1 Å². The Hall–Kier alpha value is -1.64. The fourth-order valence-corrected chi connectivity index (χ4v) is 2.88. The number of carbonyl (C=O) groups excluding carboxylic acids is 2. The van der Waals surface area contributed by atoms with Crippen LogP contribution in [0.3, 0.4) is 0 Å². The Morgan fingerprint density at radius 1 is 1.08 bits per heavy atom. The molecule has 9 heteroatoms. The molecular formula is C15H16MnN4O4. The Morgan fingerprint density at radius 3 is 2.75 bits per heavy atom. The number of ether oxygens (including phenoxy) is 2. The SMILES string of the molecule is O=C1CN2Cc3cccc(n3)[C-]3OC(=O)CN3CCNC[C-]2O1.[Mn+2]. The monoisotopic (exact) mass is 371 g/mol. The van der Waals surface area contributed by atoms with Crippen molar-refractivity contribution in [2.24, 2.45) is 0 Å². The quantitative estimate of drug-likeness (QED) is 0.362. The summed E-state index contributed by atoms with van der Waals surface area (Å²) >= 11 is 0. The molecule has 2 fully saturated rings. The molecule has 2 bridgehead atoms. The number of nitrogens with zero attached hydrogens (tertiary/aromatic N) is 3. The molecule has 4 rings (SSSR count). The van der Waals surface area contributed by atoms with Crippen molar-refractivity contribution in [1.29, 1.82) is 0 Å². The molecule has 0 unspecified atom stereocenters. The molecule has 1 aromatic rings. The molecule has 8 nitrogen and oxygen atoms in total. The third-order valence-electron chi connectivity index (χ3n) is 3.94. The Morgan fingerprint density at radius 2 is 1.88 bits per heavy atom. The molecule has 0 spiro atoms. The van der Waals surface area contributed by atoms with Crippen molar-refractivity contribution >= 4 is 11.9 Å². The van der Waals surface area contributed by atoms with Crippen LogP contribution in [-0.2, 0) is 42.7 Å². The van der Waals surface area contributed by atoms with E-state index in [1.54, 1.807) is 0 Å². The fraction of sp³-hybridized carbons (Fsp3) is 0.400. The van der Waals surface area contributed by atoms with Gasteiger partial charge < -0.3 is 24.6 Å². The zero-order valence-corrected chi connectivity index (χ0v) is 14.0. The number of fused-ring (bicyclic) bond motifs is 5. The first kappa shape index (κ1) is 17.2. The minimum Gasteiger partial charge on any atom is -0.617 e. The van der Waals surface area contributed by atoms with Crippen LogP contribution in [-0.4, -0.2) is 59.4 Å². The minimum atomic E-state index is -0.272. The summed E-state index contributed by atoms with van der Waals surface area (Å²) < 4.78 is 10.6. The summed E-state index contributed by atoms with van der Waals surface area (Å²) in [6.45, 7) is 2.62. The van der Waals surface area contributed by atoms with E-state index in [-0.39, 0.29) is 42.1 Å². The van der Waals surface area contributed by atoms with Gasteiger partial charge in [-0.05, 0) is 5.69 Å². The average Bonchev–Trinajstić information content (AvgIpc) is 3.06. The van der Waals surface area contributed by atoms with Crippen LogP contribution in [0.25, 0.3) is 0 Å². The van der Waals surface area contributed by atoms with Crippen LogP contribution in [0.1, 0.15) is 11.4 Å². The summed E-state index contributed by atoms with van der Waals surface area (Å²) in [5.74, 6) is -0.525. The van der Waals surface area contributed by atoms with E-state index >= 15 is 0 Å². The van der Waals surface area contributed by atoms with Gasteiger partial charge in [-0.1, -0.05) is 18.8 Å². The van der Waals surface area contributed by atoms with Crippen molar-refractivity contribution in [2.75, 3.05) is 32.7 Å². The van der Waals surface area contributed by atoms with E-state index in [1.807, 2.05) is 28.0 Å². The van der Waals surface area contributed by atoms with Crippen LogP contribution in [0.15, 0.2) is 18.2 Å². The molecule has 3 aliphatic heterocycles. The maximum atomic E-state index is 11.6. The molecule has 127 valence electrons. The van der Waals surface area contributed by atoms with Crippen LogP contribution in [0.2, 0.25) is 0 Å². The van der Waals surface area contributed by atoms with Crippen LogP contribution in [0, 0.1) is 12.5 Å². The third kappa shape index (κ3) is 3.40. The Kier molecular flexibility index (Phi) is 5.07. The number of nitrogens with one attached hydrogen (secondary N) is 1. The van der Waals surface area contributed by atoms with Gasteiger partial charge in [0, 0.05) is 31.6 Å². The standard InChI is InChI=1S/C15H16N4O4.Mn/c20-13-9-19-7-10-2-1-3-11(17-10)15-18(8-14(21)23-15)5-4-16-6-12(19)22-13;/h1-3,16H,4-9H2;/q-2;+2. The minimum absolute atomic E-state index is 0. The summed E-state index contributed by atoms with van der Waals surface area (Å²) in [7, 11) is 0. The second kappa shape index (κ2) is 7.08. The van der Waals surface area contributed by atoms with E-state index in [0.717, 1.165) is 5.69 Å². The molecule has 1 aromatic heterocycles.